The first-order valence-electron chi connectivity index (χ1n) is 5.62. The zero-order valence-corrected chi connectivity index (χ0v) is 11.7. The fourth-order valence-corrected chi connectivity index (χ4v) is 3.72. The third-order valence-corrected chi connectivity index (χ3v) is 4.11. The van der Waals surface area contributed by atoms with Crippen molar-refractivity contribution >= 4 is 21.9 Å². The van der Waals surface area contributed by atoms with Gasteiger partial charge in [-0.3, -0.25) is 0 Å². The molecule has 0 spiro atoms. The smallest absolute Gasteiger partial charge is 0.321 e. The first-order chi connectivity index (χ1) is 6.70. The fourth-order valence-electron chi connectivity index (χ4n) is 1.09. The van der Waals surface area contributed by atoms with Crippen LogP contribution in [0.1, 0.15) is 40.0 Å². The van der Waals surface area contributed by atoms with Gasteiger partial charge in [0.15, 0.2) is 0 Å². The molecule has 0 bridgehead atoms. The lowest BCUT2D eigenvalue weighted by molar-refractivity contribution is 0.196. The molecule has 4 heteroatoms. The molecule has 0 aliphatic heterocycles. The predicted octanol–water partition coefficient (Wildman–Crippen LogP) is 2.77. The lowest BCUT2D eigenvalue weighted by Crippen LogP contribution is -2.24. The molecule has 0 aromatic rings. The third kappa shape index (κ3) is 9.06. The topological polar surface area (TPSA) is 18.5 Å². The van der Waals surface area contributed by atoms with Crippen LogP contribution >= 0.6 is 12.6 Å². The van der Waals surface area contributed by atoms with Gasteiger partial charge in [-0.15, -0.1) is 0 Å². The van der Waals surface area contributed by atoms with Gasteiger partial charge in [-0.2, -0.15) is 12.6 Å². The molecular formula is C10H24O2SSi. The van der Waals surface area contributed by atoms with Crippen molar-refractivity contribution in [2.24, 2.45) is 0 Å². The van der Waals surface area contributed by atoms with E-state index in [2.05, 4.69) is 33.4 Å². The highest BCUT2D eigenvalue weighted by Crippen LogP contribution is 2.09. The lowest BCUT2D eigenvalue weighted by atomic mass is 10.4. The van der Waals surface area contributed by atoms with Crippen molar-refractivity contribution in [3.05, 3.63) is 0 Å². The van der Waals surface area contributed by atoms with Crippen LogP contribution in [0.5, 0.6) is 0 Å². The zero-order valence-electron chi connectivity index (χ0n) is 9.66. The van der Waals surface area contributed by atoms with Crippen LogP contribution in [-0.4, -0.2) is 27.7 Å². The Hall–Kier alpha value is 0.487. The quantitative estimate of drug-likeness (QED) is 0.490. The minimum absolute atomic E-state index is 0.459. The second kappa shape index (κ2) is 10.0. The molecule has 0 aliphatic rings. The van der Waals surface area contributed by atoms with E-state index in [0.717, 1.165) is 38.5 Å². The normalized spacial score (nSPS) is 13.5. The van der Waals surface area contributed by atoms with Crippen molar-refractivity contribution in [2.45, 2.75) is 51.3 Å². The first-order valence-corrected chi connectivity index (χ1v) is 7.89. The summed E-state index contributed by atoms with van der Waals surface area (Å²) in [5.41, 5.74) is 0. The maximum absolute atomic E-state index is 5.73. The summed E-state index contributed by atoms with van der Waals surface area (Å²) in [7, 11) is -1.37. The molecule has 1 unspecified atom stereocenters. The van der Waals surface area contributed by atoms with E-state index in [4.69, 9.17) is 8.85 Å². The molecule has 0 radical (unpaired) electrons. The van der Waals surface area contributed by atoms with Crippen molar-refractivity contribution in [1.29, 1.82) is 0 Å². The molecule has 1 atom stereocenters. The average molecular weight is 236 g/mol. The van der Waals surface area contributed by atoms with Crippen LogP contribution in [0, 0.1) is 0 Å². The van der Waals surface area contributed by atoms with Gasteiger partial charge >= 0.3 is 9.28 Å². The third-order valence-electron chi connectivity index (χ3n) is 1.84. The van der Waals surface area contributed by atoms with Crippen molar-refractivity contribution in [1.82, 2.24) is 0 Å². The van der Waals surface area contributed by atoms with Gasteiger partial charge in [-0.25, -0.2) is 0 Å². The average Bonchev–Trinajstić information content (AvgIpc) is 2.16. The molecule has 0 fully saturated rings. The molecule has 0 heterocycles. The number of thiol groups is 1. The van der Waals surface area contributed by atoms with Crippen LogP contribution in [0.15, 0.2) is 0 Å². The first kappa shape index (κ1) is 14.5. The lowest BCUT2D eigenvalue weighted by Gasteiger charge is -2.16. The van der Waals surface area contributed by atoms with E-state index in [-0.39, 0.29) is 0 Å². The van der Waals surface area contributed by atoms with Gasteiger partial charge < -0.3 is 8.85 Å². The van der Waals surface area contributed by atoms with E-state index in [1.165, 1.54) is 0 Å². The van der Waals surface area contributed by atoms with E-state index in [1.807, 2.05) is 0 Å². The van der Waals surface area contributed by atoms with Crippen molar-refractivity contribution in [3.63, 3.8) is 0 Å². The monoisotopic (exact) mass is 236 g/mol. The van der Waals surface area contributed by atoms with E-state index >= 15 is 0 Å². The highest BCUT2D eigenvalue weighted by atomic mass is 32.1. The Kier molecular flexibility index (Phi) is 10.4. The Balaban J connectivity index is 3.60. The Labute approximate surface area is 95.6 Å². The summed E-state index contributed by atoms with van der Waals surface area (Å²) in [4.78, 5) is 0. The van der Waals surface area contributed by atoms with Crippen LogP contribution in [0.4, 0.5) is 0 Å². The molecule has 86 valence electrons. The summed E-state index contributed by atoms with van der Waals surface area (Å²) in [6.45, 7) is 8.08. The van der Waals surface area contributed by atoms with Crippen molar-refractivity contribution in [3.8, 4) is 0 Å². The van der Waals surface area contributed by atoms with Gasteiger partial charge in [0.05, 0.1) is 0 Å². The summed E-state index contributed by atoms with van der Waals surface area (Å²) in [5, 5.41) is 0.459. The van der Waals surface area contributed by atoms with Gasteiger partial charge in [-0.1, -0.05) is 20.8 Å². The molecular weight excluding hydrogens is 212 g/mol. The molecule has 2 nitrogen and oxygen atoms in total. The molecule has 0 aromatic heterocycles. The predicted molar refractivity (Wildman–Crippen MR) is 67.5 cm³/mol. The van der Waals surface area contributed by atoms with Gasteiger partial charge in [0.1, 0.15) is 0 Å². The highest BCUT2D eigenvalue weighted by Gasteiger charge is 2.13. The van der Waals surface area contributed by atoms with Crippen LogP contribution in [-0.2, 0) is 8.85 Å². The molecule has 0 aromatic carbocycles. The maximum atomic E-state index is 5.73. The van der Waals surface area contributed by atoms with Crippen LogP contribution < -0.4 is 0 Å². The minimum atomic E-state index is -1.37. The van der Waals surface area contributed by atoms with Crippen LogP contribution in [0.3, 0.4) is 0 Å². The fraction of sp³-hybridized carbons (Fsp3) is 1.00. The summed E-state index contributed by atoms with van der Waals surface area (Å²) < 4.78 is 11.5. The molecule has 0 N–H and O–H groups in total. The van der Waals surface area contributed by atoms with E-state index in [0.29, 0.717) is 5.25 Å². The number of hydrogen-bond donors (Lipinski definition) is 1. The highest BCUT2D eigenvalue weighted by molar-refractivity contribution is 7.80. The zero-order chi connectivity index (χ0) is 10.8. The van der Waals surface area contributed by atoms with E-state index < -0.39 is 9.28 Å². The van der Waals surface area contributed by atoms with Crippen LogP contribution in [0.2, 0.25) is 6.04 Å². The molecule has 0 aliphatic carbocycles. The second-order valence-corrected chi connectivity index (χ2v) is 6.58. The Bertz CT molecular complexity index is 115. The van der Waals surface area contributed by atoms with Gasteiger partial charge in [0.2, 0.25) is 0 Å². The van der Waals surface area contributed by atoms with Crippen molar-refractivity contribution in [2.75, 3.05) is 13.2 Å². The van der Waals surface area contributed by atoms with Gasteiger partial charge in [-0.05, 0) is 30.6 Å². The Morgan fingerprint density at radius 1 is 1.14 bits per heavy atom. The summed E-state index contributed by atoms with van der Waals surface area (Å²) in [6, 6.07) is 1.09. The Morgan fingerprint density at radius 2 is 1.64 bits per heavy atom. The SMILES string of the molecule is CCCO[SiH](CCC(C)S)OCCC. The number of hydrogen-bond acceptors (Lipinski definition) is 3. The molecule has 0 saturated heterocycles. The molecule has 14 heavy (non-hydrogen) atoms. The largest absolute Gasteiger partial charge is 0.397 e. The summed E-state index contributed by atoms with van der Waals surface area (Å²) >= 11 is 4.37. The van der Waals surface area contributed by atoms with Crippen LogP contribution in [0.25, 0.3) is 0 Å². The summed E-state index contributed by atoms with van der Waals surface area (Å²) in [6.07, 6.45) is 3.26. The van der Waals surface area contributed by atoms with E-state index in [9.17, 15) is 0 Å². The minimum Gasteiger partial charge on any atom is -0.397 e. The maximum Gasteiger partial charge on any atom is 0.321 e. The van der Waals surface area contributed by atoms with E-state index in [1.54, 1.807) is 0 Å². The van der Waals surface area contributed by atoms with Gasteiger partial charge in [0, 0.05) is 13.2 Å². The van der Waals surface area contributed by atoms with Gasteiger partial charge in [0.25, 0.3) is 0 Å². The molecule has 0 amide bonds. The molecule has 0 rings (SSSR count). The number of rotatable bonds is 9. The second-order valence-electron chi connectivity index (χ2n) is 3.60. The molecule has 0 saturated carbocycles. The summed E-state index contributed by atoms with van der Waals surface area (Å²) in [5.74, 6) is 0. The van der Waals surface area contributed by atoms with Crippen molar-refractivity contribution < 1.29 is 8.85 Å². The standard InChI is InChI=1S/C10H24O2SSi/c1-4-7-11-14(12-8-5-2)9-6-10(3)13/h10,13-14H,4-9H2,1-3H3. The Morgan fingerprint density at radius 3 is 2.00 bits per heavy atom.